The van der Waals surface area contributed by atoms with Crippen LogP contribution in [0.25, 0.3) is 0 Å². The van der Waals surface area contributed by atoms with E-state index in [1.807, 2.05) is 0 Å². The highest BCUT2D eigenvalue weighted by Crippen LogP contribution is 2.09. The summed E-state index contributed by atoms with van der Waals surface area (Å²) in [5.41, 5.74) is 0.505. The fourth-order valence-corrected chi connectivity index (χ4v) is 1.94. The Morgan fingerprint density at radius 1 is 1.35 bits per heavy atom. The Bertz CT molecular complexity index is 427. The van der Waals surface area contributed by atoms with Crippen LogP contribution in [0, 0.1) is 5.92 Å². The maximum Gasteiger partial charge on any atom is 0.254 e. The van der Waals surface area contributed by atoms with E-state index in [2.05, 4.69) is 34.0 Å². The monoisotopic (exact) mass is 278 g/mol. The van der Waals surface area contributed by atoms with Crippen LogP contribution in [-0.2, 0) is 4.74 Å². The van der Waals surface area contributed by atoms with Crippen molar-refractivity contribution in [3.63, 3.8) is 0 Å². The maximum absolute atomic E-state index is 11.9. The first-order valence-electron chi connectivity index (χ1n) is 7.10. The van der Waals surface area contributed by atoms with Gasteiger partial charge in [0.15, 0.2) is 0 Å². The SMILES string of the molecule is CC(C)CCNC(=O)c1cnc(N2CCOCC2)nc1. The molecule has 1 aliphatic rings. The van der Waals surface area contributed by atoms with Crippen LogP contribution in [-0.4, -0.2) is 48.7 Å². The van der Waals surface area contributed by atoms with Crippen molar-refractivity contribution in [1.82, 2.24) is 15.3 Å². The molecule has 1 fully saturated rings. The second kappa shape index (κ2) is 7.19. The van der Waals surface area contributed by atoms with Gasteiger partial charge in [-0.3, -0.25) is 4.79 Å². The first kappa shape index (κ1) is 14.7. The number of aromatic nitrogens is 2. The molecule has 0 aliphatic carbocycles. The molecular weight excluding hydrogens is 256 g/mol. The Kier molecular flexibility index (Phi) is 5.29. The van der Waals surface area contributed by atoms with Gasteiger partial charge in [-0.2, -0.15) is 0 Å². The van der Waals surface area contributed by atoms with E-state index < -0.39 is 0 Å². The molecule has 1 saturated heterocycles. The topological polar surface area (TPSA) is 67.4 Å². The number of anilines is 1. The van der Waals surface area contributed by atoms with E-state index in [1.54, 1.807) is 12.4 Å². The first-order valence-corrected chi connectivity index (χ1v) is 7.10. The number of ether oxygens (including phenoxy) is 1. The van der Waals surface area contributed by atoms with Crippen molar-refractivity contribution in [2.75, 3.05) is 37.7 Å². The number of nitrogens with zero attached hydrogens (tertiary/aromatic N) is 3. The second-order valence-electron chi connectivity index (χ2n) is 5.31. The summed E-state index contributed by atoms with van der Waals surface area (Å²) in [6, 6.07) is 0. The van der Waals surface area contributed by atoms with Gasteiger partial charge in [-0.25, -0.2) is 9.97 Å². The van der Waals surface area contributed by atoms with Crippen LogP contribution in [0.3, 0.4) is 0 Å². The minimum atomic E-state index is -0.112. The number of carbonyl (C=O) groups is 1. The van der Waals surface area contributed by atoms with Gasteiger partial charge in [-0.1, -0.05) is 13.8 Å². The molecule has 6 heteroatoms. The zero-order valence-electron chi connectivity index (χ0n) is 12.1. The first-order chi connectivity index (χ1) is 9.66. The lowest BCUT2D eigenvalue weighted by molar-refractivity contribution is 0.0951. The fraction of sp³-hybridized carbons (Fsp3) is 0.643. The quantitative estimate of drug-likeness (QED) is 0.873. The van der Waals surface area contributed by atoms with Crippen LogP contribution in [0.4, 0.5) is 5.95 Å². The van der Waals surface area contributed by atoms with Crippen molar-refractivity contribution in [1.29, 1.82) is 0 Å². The molecule has 0 unspecified atom stereocenters. The highest BCUT2D eigenvalue weighted by Gasteiger charge is 2.14. The van der Waals surface area contributed by atoms with Crippen molar-refractivity contribution in [3.05, 3.63) is 18.0 Å². The van der Waals surface area contributed by atoms with Crippen LogP contribution in [0.2, 0.25) is 0 Å². The van der Waals surface area contributed by atoms with Gasteiger partial charge < -0.3 is 15.0 Å². The molecule has 2 heterocycles. The Balaban J connectivity index is 1.88. The molecule has 6 nitrogen and oxygen atoms in total. The summed E-state index contributed by atoms with van der Waals surface area (Å²) in [5, 5.41) is 2.88. The van der Waals surface area contributed by atoms with Crippen LogP contribution in [0.5, 0.6) is 0 Å². The summed E-state index contributed by atoms with van der Waals surface area (Å²) in [5.74, 6) is 1.13. The van der Waals surface area contributed by atoms with Crippen LogP contribution in [0.1, 0.15) is 30.6 Å². The van der Waals surface area contributed by atoms with Gasteiger partial charge in [0.1, 0.15) is 0 Å². The molecule has 2 rings (SSSR count). The van der Waals surface area contributed by atoms with Gasteiger partial charge in [0.2, 0.25) is 5.95 Å². The molecule has 0 atom stereocenters. The van der Waals surface area contributed by atoms with Crippen LogP contribution < -0.4 is 10.2 Å². The lowest BCUT2D eigenvalue weighted by Crippen LogP contribution is -2.37. The lowest BCUT2D eigenvalue weighted by Gasteiger charge is -2.26. The molecule has 1 aromatic rings. The van der Waals surface area contributed by atoms with Crippen LogP contribution in [0.15, 0.2) is 12.4 Å². The van der Waals surface area contributed by atoms with Crippen molar-refractivity contribution in [2.24, 2.45) is 5.92 Å². The highest BCUT2D eigenvalue weighted by molar-refractivity contribution is 5.93. The number of amides is 1. The molecule has 0 saturated carbocycles. The molecule has 0 aromatic carbocycles. The predicted octanol–water partition coefficient (Wildman–Crippen LogP) is 1.09. The Labute approximate surface area is 119 Å². The van der Waals surface area contributed by atoms with Gasteiger partial charge in [-0.05, 0) is 12.3 Å². The number of morpholine rings is 1. The van der Waals surface area contributed by atoms with E-state index in [4.69, 9.17) is 4.74 Å². The highest BCUT2D eigenvalue weighted by atomic mass is 16.5. The molecule has 1 amide bonds. The van der Waals surface area contributed by atoms with Crippen molar-refractivity contribution in [3.8, 4) is 0 Å². The third kappa shape index (κ3) is 4.16. The third-order valence-electron chi connectivity index (χ3n) is 3.20. The summed E-state index contributed by atoms with van der Waals surface area (Å²) in [6.07, 6.45) is 4.14. The van der Waals surface area contributed by atoms with Crippen molar-refractivity contribution >= 4 is 11.9 Å². The van der Waals surface area contributed by atoms with Gasteiger partial charge in [0, 0.05) is 32.0 Å². The third-order valence-corrected chi connectivity index (χ3v) is 3.20. The van der Waals surface area contributed by atoms with Gasteiger partial charge in [0.25, 0.3) is 5.91 Å². The number of hydrogen-bond acceptors (Lipinski definition) is 5. The molecule has 20 heavy (non-hydrogen) atoms. The van der Waals surface area contributed by atoms with E-state index in [9.17, 15) is 4.79 Å². The summed E-state index contributed by atoms with van der Waals surface area (Å²) in [6.45, 7) is 7.92. The number of rotatable bonds is 5. The molecule has 1 N–H and O–H groups in total. The molecule has 1 aliphatic heterocycles. The summed E-state index contributed by atoms with van der Waals surface area (Å²) in [4.78, 5) is 22.5. The minimum absolute atomic E-state index is 0.112. The van der Waals surface area contributed by atoms with Gasteiger partial charge in [-0.15, -0.1) is 0 Å². The molecule has 0 radical (unpaired) electrons. The zero-order chi connectivity index (χ0) is 14.4. The van der Waals surface area contributed by atoms with Gasteiger partial charge in [0.05, 0.1) is 18.8 Å². The van der Waals surface area contributed by atoms with Crippen molar-refractivity contribution < 1.29 is 9.53 Å². The maximum atomic E-state index is 11.9. The molecule has 0 bridgehead atoms. The predicted molar refractivity (Wildman–Crippen MR) is 76.9 cm³/mol. The van der Waals surface area contributed by atoms with Gasteiger partial charge >= 0.3 is 0 Å². The van der Waals surface area contributed by atoms with E-state index in [0.29, 0.717) is 37.2 Å². The lowest BCUT2D eigenvalue weighted by atomic mass is 10.1. The van der Waals surface area contributed by atoms with E-state index >= 15 is 0 Å². The smallest absolute Gasteiger partial charge is 0.254 e. The normalized spacial score (nSPS) is 15.4. The fourth-order valence-electron chi connectivity index (χ4n) is 1.94. The number of carbonyl (C=O) groups excluding carboxylic acids is 1. The summed E-state index contributed by atoms with van der Waals surface area (Å²) >= 11 is 0. The standard InChI is InChI=1S/C14H22N4O2/c1-11(2)3-4-15-13(19)12-9-16-14(17-10-12)18-5-7-20-8-6-18/h9-11H,3-8H2,1-2H3,(H,15,19). The van der Waals surface area contributed by atoms with Crippen LogP contribution >= 0.6 is 0 Å². The molecular formula is C14H22N4O2. The van der Waals surface area contributed by atoms with E-state index in [1.165, 1.54) is 0 Å². The van der Waals surface area contributed by atoms with E-state index in [0.717, 1.165) is 19.5 Å². The Morgan fingerprint density at radius 3 is 2.60 bits per heavy atom. The summed E-state index contributed by atoms with van der Waals surface area (Å²) < 4.78 is 5.29. The Hall–Kier alpha value is -1.69. The average Bonchev–Trinajstić information content (AvgIpc) is 2.48. The number of nitrogens with one attached hydrogen (secondary N) is 1. The molecule has 1 aromatic heterocycles. The zero-order valence-corrected chi connectivity index (χ0v) is 12.1. The van der Waals surface area contributed by atoms with Crippen molar-refractivity contribution in [2.45, 2.75) is 20.3 Å². The van der Waals surface area contributed by atoms with E-state index in [-0.39, 0.29) is 5.91 Å². The summed E-state index contributed by atoms with van der Waals surface area (Å²) in [7, 11) is 0. The molecule has 110 valence electrons. The Morgan fingerprint density at radius 2 is 2.00 bits per heavy atom. The number of hydrogen-bond donors (Lipinski definition) is 1. The molecule has 0 spiro atoms. The minimum Gasteiger partial charge on any atom is -0.378 e. The average molecular weight is 278 g/mol. The largest absolute Gasteiger partial charge is 0.378 e. The second-order valence-corrected chi connectivity index (χ2v) is 5.31.